The largest absolute Gasteiger partial charge is 0.332 e. The summed E-state index contributed by atoms with van der Waals surface area (Å²) in [4.78, 5) is 22.0. The molecule has 29 heavy (non-hydrogen) atoms. The number of anilines is 1. The van der Waals surface area contributed by atoms with E-state index in [1.165, 1.54) is 17.4 Å². The van der Waals surface area contributed by atoms with E-state index in [1.807, 2.05) is 42.8 Å². The lowest BCUT2D eigenvalue weighted by molar-refractivity contribution is 0.101. The van der Waals surface area contributed by atoms with E-state index in [0.717, 1.165) is 33.8 Å². The van der Waals surface area contributed by atoms with Crippen LogP contribution in [-0.2, 0) is 7.05 Å². The molecule has 0 saturated carbocycles. The normalized spacial score (nSPS) is 10.9. The molecule has 4 aromatic rings. The summed E-state index contributed by atoms with van der Waals surface area (Å²) < 4.78 is 29.7. The van der Waals surface area contributed by atoms with Crippen LogP contribution in [0.1, 0.15) is 15.9 Å². The van der Waals surface area contributed by atoms with Crippen LogP contribution in [0.4, 0.5) is 13.9 Å². The summed E-state index contributed by atoms with van der Waals surface area (Å²) in [5.74, 6) is -2.74. The zero-order valence-electron chi connectivity index (χ0n) is 15.6. The van der Waals surface area contributed by atoms with E-state index >= 15 is 0 Å². The van der Waals surface area contributed by atoms with Crippen LogP contribution < -0.4 is 5.32 Å². The van der Waals surface area contributed by atoms with Crippen molar-refractivity contribution >= 4 is 22.4 Å². The third-order valence-corrected chi connectivity index (χ3v) is 5.40. The molecule has 0 radical (unpaired) electrons. The van der Waals surface area contributed by atoms with Crippen molar-refractivity contribution < 1.29 is 13.6 Å². The molecule has 2 heterocycles. The Morgan fingerprint density at radius 1 is 1.14 bits per heavy atom. The highest BCUT2D eigenvalue weighted by Gasteiger charge is 2.22. The van der Waals surface area contributed by atoms with Crippen LogP contribution in [0.5, 0.6) is 0 Å². The summed E-state index contributed by atoms with van der Waals surface area (Å²) in [5.41, 5.74) is 2.75. The van der Waals surface area contributed by atoms with Crippen molar-refractivity contribution in [3.05, 3.63) is 77.8 Å². The summed E-state index contributed by atoms with van der Waals surface area (Å²) in [5, 5.41) is 2.77. The summed E-state index contributed by atoms with van der Waals surface area (Å²) in [6.45, 7) is 1.98. The Hall–Kier alpha value is -3.39. The van der Waals surface area contributed by atoms with Gasteiger partial charge in [0.05, 0.1) is 23.1 Å². The third-order valence-electron chi connectivity index (χ3n) is 4.38. The van der Waals surface area contributed by atoms with Crippen LogP contribution in [-0.4, -0.2) is 20.4 Å². The molecule has 0 atom stereocenters. The first-order valence-corrected chi connectivity index (χ1v) is 9.55. The fourth-order valence-corrected chi connectivity index (χ4v) is 3.95. The van der Waals surface area contributed by atoms with Crippen LogP contribution >= 0.6 is 11.3 Å². The van der Waals surface area contributed by atoms with Gasteiger partial charge in [-0.2, -0.15) is 0 Å². The van der Waals surface area contributed by atoms with Crippen molar-refractivity contribution in [2.45, 2.75) is 6.92 Å². The van der Waals surface area contributed by atoms with Gasteiger partial charge in [-0.1, -0.05) is 47.2 Å². The average Bonchev–Trinajstić information content (AvgIpc) is 3.27. The molecule has 0 aliphatic carbocycles. The fourth-order valence-electron chi connectivity index (χ4n) is 2.99. The first-order valence-electron chi connectivity index (χ1n) is 8.74. The molecule has 0 aliphatic rings. The number of aryl methyl sites for hydroxylation is 2. The lowest BCUT2D eigenvalue weighted by Crippen LogP contribution is -2.15. The third kappa shape index (κ3) is 3.66. The van der Waals surface area contributed by atoms with Crippen molar-refractivity contribution in [3.8, 4) is 21.8 Å². The monoisotopic (exact) mass is 410 g/mol. The van der Waals surface area contributed by atoms with Gasteiger partial charge in [-0.15, -0.1) is 0 Å². The second-order valence-corrected chi connectivity index (χ2v) is 7.51. The average molecular weight is 410 g/mol. The van der Waals surface area contributed by atoms with Crippen LogP contribution in [0, 0.1) is 18.6 Å². The number of thiazole rings is 1. The van der Waals surface area contributed by atoms with Gasteiger partial charge < -0.3 is 4.57 Å². The van der Waals surface area contributed by atoms with Crippen molar-refractivity contribution in [1.29, 1.82) is 0 Å². The van der Waals surface area contributed by atoms with E-state index < -0.39 is 23.1 Å². The first-order chi connectivity index (χ1) is 13.9. The molecule has 2 aromatic heterocycles. The molecule has 2 aromatic carbocycles. The molecule has 0 unspecified atom stereocenters. The second kappa shape index (κ2) is 7.56. The molecule has 0 fully saturated rings. The predicted molar refractivity (Wildman–Crippen MR) is 109 cm³/mol. The zero-order valence-corrected chi connectivity index (χ0v) is 16.4. The minimum Gasteiger partial charge on any atom is -0.332 e. The Balaban J connectivity index is 1.78. The number of nitrogens with one attached hydrogen (secondary N) is 1. The molecule has 0 aliphatic heterocycles. The Morgan fingerprint density at radius 3 is 2.52 bits per heavy atom. The quantitative estimate of drug-likeness (QED) is 0.512. The predicted octanol–water partition coefficient (Wildman–Crippen LogP) is 5.05. The number of hydrogen-bond acceptors (Lipinski definition) is 4. The van der Waals surface area contributed by atoms with Crippen LogP contribution in [0.15, 0.2) is 55.0 Å². The molecular weight excluding hydrogens is 394 g/mol. The van der Waals surface area contributed by atoms with Gasteiger partial charge in [-0.3, -0.25) is 10.1 Å². The van der Waals surface area contributed by atoms with Crippen LogP contribution in [0.2, 0.25) is 0 Å². The van der Waals surface area contributed by atoms with E-state index in [2.05, 4.69) is 15.3 Å². The lowest BCUT2D eigenvalue weighted by atomic mass is 10.1. The molecule has 8 heteroatoms. The number of carbonyl (C=O) groups excluding carboxylic acids is 1. The minimum atomic E-state index is -0.926. The number of aromatic nitrogens is 3. The number of hydrogen-bond donors (Lipinski definition) is 1. The number of carbonyl (C=O) groups is 1. The molecule has 146 valence electrons. The van der Waals surface area contributed by atoms with Gasteiger partial charge in [0, 0.05) is 7.05 Å². The SMILES string of the molecule is Cc1cccc(-c2sc(NC(=O)c3c(F)cccc3F)nc2-c2cncn2C)c1. The molecule has 0 saturated heterocycles. The molecule has 0 spiro atoms. The van der Waals surface area contributed by atoms with Gasteiger partial charge in [-0.05, 0) is 24.6 Å². The lowest BCUT2D eigenvalue weighted by Gasteiger charge is -2.04. The number of nitrogens with zero attached hydrogens (tertiary/aromatic N) is 3. The fraction of sp³-hybridized carbons (Fsp3) is 0.0952. The van der Waals surface area contributed by atoms with Crippen molar-refractivity contribution in [2.24, 2.45) is 7.05 Å². The summed E-state index contributed by atoms with van der Waals surface area (Å²) >= 11 is 1.23. The number of halogens is 2. The topological polar surface area (TPSA) is 59.8 Å². The van der Waals surface area contributed by atoms with Gasteiger partial charge in [0.25, 0.3) is 5.91 Å². The van der Waals surface area contributed by atoms with E-state index in [-0.39, 0.29) is 5.13 Å². The van der Waals surface area contributed by atoms with Gasteiger partial charge in [0.1, 0.15) is 22.9 Å². The molecular formula is C21H16F2N4OS. The Morgan fingerprint density at radius 2 is 1.86 bits per heavy atom. The second-order valence-electron chi connectivity index (χ2n) is 6.51. The van der Waals surface area contributed by atoms with Gasteiger partial charge in [0.2, 0.25) is 0 Å². The Labute approximate surface area is 169 Å². The maximum absolute atomic E-state index is 13.9. The minimum absolute atomic E-state index is 0.241. The van der Waals surface area contributed by atoms with Gasteiger partial charge in [0.15, 0.2) is 5.13 Å². The molecule has 1 N–H and O–H groups in total. The highest BCUT2D eigenvalue weighted by atomic mass is 32.1. The first kappa shape index (κ1) is 18.9. The zero-order chi connectivity index (χ0) is 20.5. The Kier molecular flexibility index (Phi) is 4.94. The van der Waals surface area contributed by atoms with Crippen molar-refractivity contribution in [2.75, 3.05) is 5.32 Å². The Bertz CT molecular complexity index is 1190. The highest BCUT2D eigenvalue weighted by molar-refractivity contribution is 7.19. The number of benzene rings is 2. The molecule has 1 amide bonds. The molecule has 4 rings (SSSR count). The van der Waals surface area contributed by atoms with Crippen molar-refractivity contribution in [3.63, 3.8) is 0 Å². The van der Waals surface area contributed by atoms with Crippen LogP contribution in [0.3, 0.4) is 0 Å². The summed E-state index contributed by atoms with van der Waals surface area (Å²) in [6, 6.07) is 11.2. The van der Waals surface area contributed by atoms with E-state index in [1.54, 1.807) is 12.5 Å². The van der Waals surface area contributed by atoms with Crippen LogP contribution in [0.25, 0.3) is 21.8 Å². The van der Waals surface area contributed by atoms with E-state index in [4.69, 9.17) is 0 Å². The number of rotatable bonds is 4. The van der Waals surface area contributed by atoms with Gasteiger partial charge in [-0.25, -0.2) is 18.7 Å². The van der Waals surface area contributed by atoms with Crippen molar-refractivity contribution in [1.82, 2.24) is 14.5 Å². The summed E-state index contributed by atoms with van der Waals surface area (Å²) in [7, 11) is 1.84. The standard InChI is InChI=1S/C21H16F2N4OS/c1-12-5-3-6-13(9-12)19-18(16-10-24-11-27(16)2)25-21(29-19)26-20(28)17-14(22)7-4-8-15(17)23/h3-11H,1-2H3,(H,25,26,28). The highest BCUT2D eigenvalue weighted by Crippen LogP contribution is 2.39. The van der Waals surface area contributed by atoms with Gasteiger partial charge >= 0.3 is 0 Å². The molecule has 5 nitrogen and oxygen atoms in total. The number of amides is 1. The molecule has 0 bridgehead atoms. The number of imidazole rings is 1. The maximum atomic E-state index is 13.9. The van der Waals surface area contributed by atoms with E-state index in [0.29, 0.717) is 5.69 Å². The summed E-state index contributed by atoms with van der Waals surface area (Å²) in [6.07, 6.45) is 3.33. The maximum Gasteiger partial charge on any atom is 0.263 e. The van der Waals surface area contributed by atoms with E-state index in [9.17, 15) is 13.6 Å². The smallest absolute Gasteiger partial charge is 0.263 e.